The Balaban J connectivity index is 2.39. The van der Waals surface area contributed by atoms with Crippen LogP contribution in [0.3, 0.4) is 0 Å². The zero-order chi connectivity index (χ0) is 13.1. The zero-order valence-corrected chi connectivity index (χ0v) is 13.1. The molecule has 0 bridgehead atoms. The summed E-state index contributed by atoms with van der Waals surface area (Å²) in [5.74, 6) is 1.79. The predicted molar refractivity (Wildman–Crippen MR) is 82.5 cm³/mol. The van der Waals surface area contributed by atoms with Gasteiger partial charge in [-0.3, -0.25) is 0 Å². The van der Waals surface area contributed by atoms with Gasteiger partial charge in [0.05, 0.1) is 5.88 Å². The van der Waals surface area contributed by atoms with Gasteiger partial charge in [0.25, 0.3) is 0 Å². The Bertz CT molecular complexity index is 572. The van der Waals surface area contributed by atoms with Crippen molar-refractivity contribution in [3.63, 3.8) is 0 Å². The third-order valence-corrected chi connectivity index (χ3v) is 3.52. The van der Waals surface area contributed by atoms with Crippen LogP contribution in [0.25, 0.3) is 0 Å². The molecule has 1 aromatic heterocycles. The van der Waals surface area contributed by atoms with Crippen LogP contribution in [0.15, 0.2) is 30.3 Å². The van der Waals surface area contributed by atoms with E-state index in [0.717, 1.165) is 26.1 Å². The lowest BCUT2D eigenvalue weighted by Crippen LogP contribution is -1.98. The fraction of sp³-hybridized carbons (Fsp3) is 0.214. The number of ether oxygens (including phenoxy) is 1. The normalized spacial score (nSPS) is 10.4. The van der Waals surface area contributed by atoms with Gasteiger partial charge in [-0.2, -0.15) is 0 Å². The Kier molecular flexibility index (Phi) is 4.45. The molecular formula is C14H13ClINO. The molecule has 0 atom stereocenters. The fourth-order valence-corrected chi connectivity index (χ4v) is 2.56. The van der Waals surface area contributed by atoms with Gasteiger partial charge in [0.15, 0.2) is 0 Å². The lowest BCUT2D eigenvalue weighted by molar-refractivity contribution is 0.456. The molecule has 0 radical (unpaired) electrons. The molecule has 0 saturated carbocycles. The maximum atomic E-state index is 5.97. The molecule has 0 unspecified atom stereocenters. The average Bonchev–Trinajstić information content (AvgIpc) is 2.28. The molecule has 2 rings (SSSR count). The second-order valence-electron chi connectivity index (χ2n) is 4.06. The minimum Gasteiger partial charge on any atom is -0.439 e. The molecule has 1 aromatic carbocycles. The van der Waals surface area contributed by atoms with Gasteiger partial charge in [0.2, 0.25) is 5.88 Å². The number of rotatable bonds is 3. The van der Waals surface area contributed by atoms with E-state index in [0.29, 0.717) is 11.8 Å². The summed E-state index contributed by atoms with van der Waals surface area (Å²) in [7, 11) is 0. The largest absolute Gasteiger partial charge is 0.439 e. The van der Waals surface area contributed by atoms with E-state index in [1.807, 2.05) is 44.2 Å². The van der Waals surface area contributed by atoms with Crippen LogP contribution in [-0.2, 0) is 5.88 Å². The highest BCUT2D eigenvalue weighted by Crippen LogP contribution is 2.28. The van der Waals surface area contributed by atoms with Crippen LogP contribution >= 0.6 is 34.2 Å². The first-order chi connectivity index (χ1) is 8.60. The summed E-state index contributed by atoms with van der Waals surface area (Å²) in [6, 6.07) is 9.88. The summed E-state index contributed by atoms with van der Waals surface area (Å²) in [5.41, 5.74) is 2.99. The van der Waals surface area contributed by atoms with Gasteiger partial charge in [-0.05, 0) is 66.3 Å². The van der Waals surface area contributed by atoms with E-state index in [1.54, 1.807) is 0 Å². The lowest BCUT2D eigenvalue weighted by atomic mass is 10.1. The van der Waals surface area contributed by atoms with Gasteiger partial charge in [-0.1, -0.05) is 6.07 Å². The van der Waals surface area contributed by atoms with E-state index < -0.39 is 0 Å². The number of benzene rings is 1. The molecule has 0 N–H and O–H groups in total. The highest BCUT2D eigenvalue weighted by atomic mass is 127. The number of alkyl halides is 1. The summed E-state index contributed by atoms with van der Waals surface area (Å²) < 4.78 is 6.97. The molecule has 0 fully saturated rings. The number of halogens is 2. The van der Waals surface area contributed by atoms with Crippen molar-refractivity contribution in [2.45, 2.75) is 19.7 Å². The van der Waals surface area contributed by atoms with Crippen molar-refractivity contribution in [1.29, 1.82) is 0 Å². The quantitative estimate of drug-likeness (QED) is 0.568. The van der Waals surface area contributed by atoms with Crippen LogP contribution in [0.2, 0.25) is 0 Å². The molecule has 94 valence electrons. The first kappa shape index (κ1) is 13.6. The summed E-state index contributed by atoms with van der Waals surface area (Å²) >= 11 is 8.22. The maximum Gasteiger partial charge on any atom is 0.224 e. The predicted octanol–water partition coefficient (Wildman–Crippen LogP) is 4.83. The summed E-state index contributed by atoms with van der Waals surface area (Å²) in [6.45, 7) is 3.97. The number of nitrogens with zero attached hydrogens (tertiary/aromatic N) is 1. The molecule has 1 heterocycles. The van der Waals surface area contributed by atoms with E-state index in [4.69, 9.17) is 16.3 Å². The molecule has 0 aliphatic carbocycles. The zero-order valence-electron chi connectivity index (χ0n) is 10.2. The van der Waals surface area contributed by atoms with Crippen LogP contribution < -0.4 is 4.74 Å². The molecule has 0 aliphatic heterocycles. The van der Waals surface area contributed by atoms with Crippen molar-refractivity contribution < 1.29 is 4.74 Å². The SMILES string of the molecule is Cc1cc(C)c(CCl)c(Oc2cccc(I)c2)n1. The average molecular weight is 374 g/mol. The first-order valence-electron chi connectivity index (χ1n) is 5.56. The number of hydrogen-bond acceptors (Lipinski definition) is 2. The number of aromatic nitrogens is 1. The minimum atomic E-state index is 0.401. The molecule has 0 aliphatic rings. The minimum absolute atomic E-state index is 0.401. The third kappa shape index (κ3) is 3.14. The topological polar surface area (TPSA) is 22.1 Å². The second kappa shape index (κ2) is 5.89. The molecule has 2 nitrogen and oxygen atoms in total. The van der Waals surface area contributed by atoms with Gasteiger partial charge in [-0.25, -0.2) is 4.98 Å². The van der Waals surface area contributed by atoms with E-state index in [1.165, 1.54) is 0 Å². The Morgan fingerprint density at radius 2 is 2.06 bits per heavy atom. The monoisotopic (exact) mass is 373 g/mol. The highest BCUT2D eigenvalue weighted by molar-refractivity contribution is 14.1. The summed E-state index contributed by atoms with van der Waals surface area (Å²) in [5, 5.41) is 0. The molecule has 4 heteroatoms. The van der Waals surface area contributed by atoms with E-state index >= 15 is 0 Å². The van der Waals surface area contributed by atoms with Crippen LogP contribution in [0.1, 0.15) is 16.8 Å². The van der Waals surface area contributed by atoms with Crippen LogP contribution in [0, 0.1) is 17.4 Å². The van der Waals surface area contributed by atoms with Gasteiger partial charge in [-0.15, -0.1) is 11.6 Å². The smallest absolute Gasteiger partial charge is 0.224 e. The van der Waals surface area contributed by atoms with Crippen LogP contribution in [0.4, 0.5) is 0 Å². The molecule has 0 amide bonds. The van der Waals surface area contributed by atoms with Crippen LogP contribution in [0.5, 0.6) is 11.6 Å². The van der Waals surface area contributed by atoms with Crippen molar-refractivity contribution in [3.8, 4) is 11.6 Å². The van der Waals surface area contributed by atoms with Crippen molar-refractivity contribution >= 4 is 34.2 Å². The van der Waals surface area contributed by atoms with E-state index in [2.05, 4.69) is 27.6 Å². The van der Waals surface area contributed by atoms with Crippen molar-refractivity contribution in [2.75, 3.05) is 0 Å². The van der Waals surface area contributed by atoms with Gasteiger partial charge in [0, 0.05) is 14.8 Å². The van der Waals surface area contributed by atoms with E-state index in [-0.39, 0.29) is 0 Å². The highest BCUT2D eigenvalue weighted by Gasteiger charge is 2.10. The van der Waals surface area contributed by atoms with Gasteiger partial charge >= 0.3 is 0 Å². The summed E-state index contributed by atoms with van der Waals surface area (Å²) in [4.78, 5) is 4.42. The molecule has 0 saturated heterocycles. The molecular weight excluding hydrogens is 361 g/mol. The lowest BCUT2D eigenvalue weighted by Gasteiger charge is -2.12. The van der Waals surface area contributed by atoms with Crippen molar-refractivity contribution in [3.05, 3.63) is 50.7 Å². The standard InChI is InChI=1S/C14H13ClINO/c1-9-6-10(2)17-14(13(9)8-15)18-12-5-3-4-11(16)7-12/h3-7H,8H2,1-2H3. The Morgan fingerprint density at radius 3 is 2.72 bits per heavy atom. The first-order valence-corrected chi connectivity index (χ1v) is 7.18. The summed E-state index contributed by atoms with van der Waals surface area (Å²) in [6.07, 6.45) is 0. The Morgan fingerprint density at radius 1 is 1.28 bits per heavy atom. The van der Waals surface area contributed by atoms with Gasteiger partial charge < -0.3 is 4.74 Å². The third-order valence-electron chi connectivity index (χ3n) is 2.58. The second-order valence-corrected chi connectivity index (χ2v) is 5.57. The van der Waals surface area contributed by atoms with Gasteiger partial charge in [0.1, 0.15) is 5.75 Å². The fourth-order valence-electron chi connectivity index (χ4n) is 1.72. The van der Waals surface area contributed by atoms with Crippen LogP contribution in [-0.4, -0.2) is 4.98 Å². The number of aryl methyl sites for hydroxylation is 2. The number of hydrogen-bond donors (Lipinski definition) is 0. The molecule has 2 aromatic rings. The van der Waals surface area contributed by atoms with Crippen molar-refractivity contribution in [1.82, 2.24) is 4.98 Å². The van der Waals surface area contributed by atoms with E-state index in [9.17, 15) is 0 Å². The number of pyridine rings is 1. The molecule has 18 heavy (non-hydrogen) atoms. The van der Waals surface area contributed by atoms with Crippen molar-refractivity contribution in [2.24, 2.45) is 0 Å². The molecule has 0 spiro atoms. The Hall–Kier alpha value is -0.810. The maximum absolute atomic E-state index is 5.97. The Labute approximate surface area is 125 Å².